The molecule has 6 heteroatoms. The number of hydrogen-bond acceptors (Lipinski definition) is 6. The largest absolute Gasteiger partial charge is 0.462 e. The van der Waals surface area contributed by atoms with Crippen molar-refractivity contribution in [2.75, 3.05) is 13.2 Å². The van der Waals surface area contributed by atoms with Crippen molar-refractivity contribution in [3.8, 4) is 0 Å². The summed E-state index contributed by atoms with van der Waals surface area (Å²) in [5.41, 5.74) is 0. The standard InChI is InChI=1S/C52H88O6/c1-4-7-10-13-16-19-22-24-26-28-30-33-36-39-42-45-51(54)57-48-49(47-56-50(53)44-41-38-35-32-29-21-18-15-12-9-6-3)58-52(55)46-43-40-37-34-31-27-25-23-20-17-14-11-8-5-2/h7,9-10,12-13,16,18-19,21-22,32,35,49H,4-6,8,11,14-15,17,20,23-31,33-34,36-48H2,1-3H3/b10-7-,12-9-,16-13-,21-18-,22-19-,35-32-. The van der Waals surface area contributed by atoms with Crippen molar-refractivity contribution in [3.63, 3.8) is 0 Å². The van der Waals surface area contributed by atoms with Gasteiger partial charge >= 0.3 is 17.9 Å². The number of esters is 3. The number of unbranched alkanes of at least 4 members (excludes halogenated alkanes) is 21. The minimum Gasteiger partial charge on any atom is -0.462 e. The molecule has 58 heavy (non-hydrogen) atoms. The number of rotatable bonds is 42. The summed E-state index contributed by atoms with van der Waals surface area (Å²) in [6.45, 7) is 6.33. The summed E-state index contributed by atoms with van der Waals surface area (Å²) < 4.78 is 16.7. The fraction of sp³-hybridized carbons (Fsp3) is 0.712. The van der Waals surface area contributed by atoms with Gasteiger partial charge in [-0.25, -0.2) is 0 Å². The molecule has 0 aliphatic rings. The van der Waals surface area contributed by atoms with Crippen LogP contribution in [0.4, 0.5) is 0 Å². The zero-order valence-electron chi connectivity index (χ0n) is 37.8. The highest BCUT2D eigenvalue weighted by Crippen LogP contribution is 2.15. The van der Waals surface area contributed by atoms with Gasteiger partial charge in [0.1, 0.15) is 13.2 Å². The summed E-state index contributed by atoms with van der Waals surface area (Å²) in [5, 5.41) is 0. The van der Waals surface area contributed by atoms with Crippen LogP contribution >= 0.6 is 0 Å². The van der Waals surface area contributed by atoms with E-state index in [9.17, 15) is 14.4 Å². The van der Waals surface area contributed by atoms with Gasteiger partial charge in [-0.15, -0.1) is 0 Å². The molecule has 6 nitrogen and oxygen atoms in total. The third-order valence-corrected chi connectivity index (χ3v) is 10.0. The van der Waals surface area contributed by atoms with E-state index in [2.05, 4.69) is 93.7 Å². The molecule has 0 spiro atoms. The highest BCUT2D eigenvalue weighted by molar-refractivity contribution is 5.71. The normalized spacial score (nSPS) is 12.7. The predicted molar refractivity (Wildman–Crippen MR) is 247 cm³/mol. The van der Waals surface area contributed by atoms with E-state index >= 15 is 0 Å². The van der Waals surface area contributed by atoms with Gasteiger partial charge in [0.05, 0.1) is 0 Å². The fourth-order valence-corrected chi connectivity index (χ4v) is 6.46. The molecule has 0 aromatic heterocycles. The molecule has 0 fully saturated rings. The maximum absolute atomic E-state index is 12.7. The molecule has 0 saturated carbocycles. The van der Waals surface area contributed by atoms with Gasteiger partial charge in [-0.1, -0.05) is 209 Å². The number of allylic oxidation sites excluding steroid dienone is 12. The first-order valence-electron chi connectivity index (χ1n) is 24.0. The average Bonchev–Trinajstić information content (AvgIpc) is 3.22. The molecule has 0 amide bonds. The molecular weight excluding hydrogens is 721 g/mol. The third kappa shape index (κ3) is 44.0. The van der Waals surface area contributed by atoms with E-state index in [4.69, 9.17) is 14.2 Å². The van der Waals surface area contributed by atoms with Gasteiger partial charge in [0.2, 0.25) is 0 Å². The molecule has 0 heterocycles. The molecule has 0 aliphatic carbocycles. The number of carbonyl (C=O) groups is 3. The van der Waals surface area contributed by atoms with Crippen LogP contribution in [-0.2, 0) is 28.6 Å². The summed E-state index contributed by atoms with van der Waals surface area (Å²) in [6.07, 6.45) is 57.5. The SMILES string of the molecule is CC\C=C/C=C\C=C/CCCCCCCCCC(=O)OCC(COC(=O)CCC/C=C\C/C=C\C/C=C\CC)OC(=O)CCCCCCCCCCCCCCCC. The quantitative estimate of drug-likeness (QED) is 0.0201. The van der Waals surface area contributed by atoms with Gasteiger partial charge in [-0.3, -0.25) is 14.4 Å². The van der Waals surface area contributed by atoms with Crippen molar-refractivity contribution in [2.45, 2.75) is 226 Å². The molecule has 0 radical (unpaired) electrons. The van der Waals surface area contributed by atoms with Crippen LogP contribution < -0.4 is 0 Å². The topological polar surface area (TPSA) is 78.9 Å². The molecule has 0 N–H and O–H groups in total. The molecule has 0 rings (SSSR count). The van der Waals surface area contributed by atoms with Crippen LogP contribution in [0.5, 0.6) is 0 Å². The molecule has 0 aromatic rings. The minimum atomic E-state index is -0.797. The van der Waals surface area contributed by atoms with Crippen LogP contribution in [0.1, 0.15) is 220 Å². The maximum Gasteiger partial charge on any atom is 0.306 e. The van der Waals surface area contributed by atoms with E-state index in [-0.39, 0.29) is 37.5 Å². The molecule has 0 aliphatic heterocycles. The van der Waals surface area contributed by atoms with Gasteiger partial charge in [0, 0.05) is 19.3 Å². The monoisotopic (exact) mass is 809 g/mol. The van der Waals surface area contributed by atoms with Crippen molar-refractivity contribution in [1.29, 1.82) is 0 Å². The van der Waals surface area contributed by atoms with E-state index in [1.165, 1.54) is 96.3 Å². The first-order chi connectivity index (χ1) is 28.5. The highest BCUT2D eigenvalue weighted by atomic mass is 16.6. The van der Waals surface area contributed by atoms with Gasteiger partial charge < -0.3 is 14.2 Å². The molecule has 0 bridgehead atoms. The summed E-state index contributed by atoms with van der Waals surface area (Å²) in [5.74, 6) is -0.965. The Balaban J connectivity index is 4.43. The third-order valence-electron chi connectivity index (χ3n) is 10.0. The summed E-state index contributed by atoms with van der Waals surface area (Å²) >= 11 is 0. The summed E-state index contributed by atoms with van der Waals surface area (Å²) in [7, 11) is 0. The van der Waals surface area contributed by atoms with E-state index in [0.717, 1.165) is 77.0 Å². The molecule has 1 atom stereocenters. The molecule has 1 unspecified atom stereocenters. The lowest BCUT2D eigenvalue weighted by Crippen LogP contribution is -2.30. The van der Waals surface area contributed by atoms with Crippen molar-refractivity contribution < 1.29 is 28.6 Å². The first kappa shape index (κ1) is 54.9. The van der Waals surface area contributed by atoms with Crippen LogP contribution in [0, 0.1) is 0 Å². The van der Waals surface area contributed by atoms with Gasteiger partial charge in [0.15, 0.2) is 6.10 Å². The Labute approximate surface area is 357 Å². The van der Waals surface area contributed by atoms with E-state index < -0.39 is 6.10 Å². The van der Waals surface area contributed by atoms with Crippen LogP contribution in [0.15, 0.2) is 72.9 Å². The lowest BCUT2D eigenvalue weighted by atomic mass is 10.0. The van der Waals surface area contributed by atoms with Crippen LogP contribution in [0.2, 0.25) is 0 Å². The smallest absolute Gasteiger partial charge is 0.306 e. The maximum atomic E-state index is 12.7. The van der Waals surface area contributed by atoms with Gasteiger partial charge in [-0.2, -0.15) is 0 Å². The van der Waals surface area contributed by atoms with E-state index in [1.807, 2.05) is 0 Å². The van der Waals surface area contributed by atoms with Crippen molar-refractivity contribution >= 4 is 17.9 Å². The van der Waals surface area contributed by atoms with Gasteiger partial charge in [0.25, 0.3) is 0 Å². The predicted octanol–water partition coefficient (Wildman–Crippen LogP) is 15.5. The average molecular weight is 809 g/mol. The van der Waals surface area contributed by atoms with E-state index in [1.54, 1.807) is 0 Å². The molecule has 0 aromatic carbocycles. The van der Waals surface area contributed by atoms with Crippen molar-refractivity contribution in [2.24, 2.45) is 0 Å². The van der Waals surface area contributed by atoms with Crippen LogP contribution in [0.3, 0.4) is 0 Å². The fourth-order valence-electron chi connectivity index (χ4n) is 6.46. The Hall–Kier alpha value is -3.15. The number of carbonyl (C=O) groups excluding carboxylic acids is 3. The summed E-state index contributed by atoms with van der Waals surface area (Å²) in [4.78, 5) is 37.8. The minimum absolute atomic E-state index is 0.0965. The Morgan fingerprint density at radius 2 is 0.776 bits per heavy atom. The zero-order chi connectivity index (χ0) is 42.3. The number of hydrogen-bond donors (Lipinski definition) is 0. The lowest BCUT2D eigenvalue weighted by Gasteiger charge is -2.18. The number of ether oxygens (including phenoxy) is 3. The highest BCUT2D eigenvalue weighted by Gasteiger charge is 2.19. The Morgan fingerprint density at radius 1 is 0.379 bits per heavy atom. The Bertz CT molecular complexity index is 1110. The second-order valence-corrected chi connectivity index (χ2v) is 15.7. The lowest BCUT2D eigenvalue weighted by molar-refractivity contribution is -0.167. The first-order valence-corrected chi connectivity index (χ1v) is 24.0. The molecule has 0 saturated heterocycles. The van der Waals surface area contributed by atoms with Crippen molar-refractivity contribution in [1.82, 2.24) is 0 Å². The van der Waals surface area contributed by atoms with E-state index in [0.29, 0.717) is 19.3 Å². The van der Waals surface area contributed by atoms with Crippen LogP contribution in [0.25, 0.3) is 0 Å². The molecular formula is C52H88O6. The van der Waals surface area contributed by atoms with Crippen LogP contribution in [-0.4, -0.2) is 37.2 Å². The second kappa shape index (κ2) is 46.5. The van der Waals surface area contributed by atoms with Gasteiger partial charge in [-0.05, 0) is 64.2 Å². The summed E-state index contributed by atoms with van der Waals surface area (Å²) in [6, 6.07) is 0. The Kier molecular flexibility index (Phi) is 44.0. The van der Waals surface area contributed by atoms with Crippen molar-refractivity contribution in [3.05, 3.63) is 72.9 Å². The second-order valence-electron chi connectivity index (χ2n) is 15.7. The molecule has 332 valence electrons. The Morgan fingerprint density at radius 3 is 1.29 bits per heavy atom. The zero-order valence-corrected chi connectivity index (χ0v) is 37.8.